The van der Waals surface area contributed by atoms with Gasteiger partial charge >= 0.3 is 0 Å². The number of hydrogen-bond acceptors (Lipinski definition) is 6. The lowest BCUT2D eigenvalue weighted by atomic mass is 10.0. The van der Waals surface area contributed by atoms with Crippen molar-refractivity contribution in [3.8, 4) is 0 Å². The highest BCUT2D eigenvalue weighted by Crippen LogP contribution is 2.03. The molecule has 88 valence electrons. The fourth-order valence-electron chi connectivity index (χ4n) is 0.899. The van der Waals surface area contributed by atoms with Crippen LogP contribution < -0.4 is 5.32 Å². The predicted octanol–water partition coefficient (Wildman–Crippen LogP) is -3.23. The van der Waals surface area contributed by atoms with Crippen LogP contribution in [0.15, 0.2) is 0 Å². The number of amides is 1. The molecule has 0 saturated heterocycles. The molecular formula is C8H15NO6. The van der Waals surface area contributed by atoms with Crippen LogP contribution in [0.4, 0.5) is 0 Å². The molecule has 7 nitrogen and oxygen atoms in total. The third-order valence-corrected chi connectivity index (χ3v) is 1.74. The SMILES string of the molecule is [2H]C([2H])([2H])C(=O)N[C@H](C=O)[C@@H](O)[C@H](O)[C@H](O)CO. The number of aldehydes is 1. The average molecular weight is 224 g/mol. The highest BCUT2D eigenvalue weighted by molar-refractivity contribution is 5.77. The van der Waals surface area contributed by atoms with Crippen molar-refractivity contribution in [1.29, 1.82) is 0 Å². The summed E-state index contributed by atoms with van der Waals surface area (Å²) in [5, 5.41) is 38.0. The van der Waals surface area contributed by atoms with Crippen molar-refractivity contribution in [2.45, 2.75) is 31.2 Å². The second-order valence-corrected chi connectivity index (χ2v) is 2.87. The molecule has 5 N–H and O–H groups in total. The van der Waals surface area contributed by atoms with Crippen LogP contribution in [0.25, 0.3) is 0 Å². The molecule has 0 rings (SSSR count). The highest BCUT2D eigenvalue weighted by atomic mass is 16.4. The van der Waals surface area contributed by atoms with E-state index in [0.717, 1.165) is 0 Å². The Bertz CT molecular complexity index is 297. The van der Waals surface area contributed by atoms with E-state index in [0.29, 0.717) is 0 Å². The number of rotatable bonds is 6. The molecule has 0 heterocycles. The summed E-state index contributed by atoms with van der Waals surface area (Å²) in [6.07, 6.45) is -5.58. The number of carbonyl (C=O) groups is 2. The minimum absolute atomic E-state index is 0.0155. The highest BCUT2D eigenvalue weighted by Gasteiger charge is 2.31. The number of aliphatic hydroxyl groups excluding tert-OH is 4. The maximum absolute atomic E-state index is 11.1. The third-order valence-electron chi connectivity index (χ3n) is 1.74. The smallest absolute Gasteiger partial charge is 0.217 e. The van der Waals surface area contributed by atoms with Gasteiger partial charge < -0.3 is 30.5 Å². The van der Waals surface area contributed by atoms with Crippen LogP contribution in [-0.2, 0) is 9.59 Å². The summed E-state index contributed by atoms with van der Waals surface area (Å²) >= 11 is 0. The van der Waals surface area contributed by atoms with Crippen molar-refractivity contribution in [2.75, 3.05) is 6.61 Å². The molecule has 15 heavy (non-hydrogen) atoms. The van der Waals surface area contributed by atoms with E-state index in [2.05, 4.69) is 0 Å². The number of nitrogens with one attached hydrogen (secondary N) is 1. The average Bonchev–Trinajstić information content (AvgIpc) is 2.31. The fourth-order valence-corrected chi connectivity index (χ4v) is 0.899. The molecule has 0 aromatic rings. The van der Waals surface area contributed by atoms with Crippen molar-refractivity contribution in [3.05, 3.63) is 0 Å². The van der Waals surface area contributed by atoms with Crippen molar-refractivity contribution in [2.24, 2.45) is 0 Å². The van der Waals surface area contributed by atoms with Crippen LogP contribution in [0.1, 0.15) is 11.0 Å². The fraction of sp³-hybridized carbons (Fsp3) is 0.750. The second kappa shape index (κ2) is 6.46. The topological polar surface area (TPSA) is 127 Å². The van der Waals surface area contributed by atoms with Gasteiger partial charge in [0.15, 0.2) is 0 Å². The standard InChI is InChI=1S/C8H15NO6/c1-4(12)9-5(2-10)7(14)8(15)6(13)3-11/h2,5-8,11,13-15H,3H2,1H3,(H,9,12)/t5-,6-,7-,8-/m1/s1/i1D3. The third kappa shape index (κ3) is 4.34. The summed E-state index contributed by atoms with van der Waals surface area (Å²) in [6.45, 7) is -3.89. The molecule has 0 aromatic heterocycles. The maximum atomic E-state index is 11.1. The van der Waals surface area contributed by atoms with E-state index < -0.39 is 43.7 Å². The quantitative estimate of drug-likeness (QED) is 0.302. The van der Waals surface area contributed by atoms with Crippen LogP contribution in [0.2, 0.25) is 0 Å². The molecule has 0 unspecified atom stereocenters. The first-order valence-electron chi connectivity index (χ1n) is 5.56. The van der Waals surface area contributed by atoms with Crippen LogP contribution in [0.5, 0.6) is 0 Å². The van der Waals surface area contributed by atoms with E-state index in [-0.39, 0.29) is 6.29 Å². The Kier molecular flexibility index (Phi) is 3.97. The van der Waals surface area contributed by atoms with E-state index in [9.17, 15) is 19.8 Å². The van der Waals surface area contributed by atoms with Gasteiger partial charge in [-0.2, -0.15) is 0 Å². The Hall–Kier alpha value is -1.02. The Morgan fingerprint density at radius 1 is 1.47 bits per heavy atom. The molecule has 0 aliphatic carbocycles. The van der Waals surface area contributed by atoms with Crippen LogP contribution in [0, 0.1) is 0 Å². The van der Waals surface area contributed by atoms with Crippen molar-refractivity contribution in [3.63, 3.8) is 0 Å². The largest absolute Gasteiger partial charge is 0.394 e. The van der Waals surface area contributed by atoms with Crippen LogP contribution >= 0.6 is 0 Å². The van der Waals surface area contributed by atoms with Gasteiger partial charge in [-0.05, 0) is 0 Å². The van der Waals surface area contributed by atoms with Gasteiger partial charge in [0.1, 0.15) is 30.6 Å². The molecule has 1 amide bonds. The van der Waals surface area contributed by atoms with Gasteiger partial charge in [-0.25, -0.2) is 0 Å². The Labute approximate surface area is 90.6 Å². The molecule has 0 spiro atoms. The van der Waals surface area contributed by atoms with Gasteiger partial charge in [0.2, 0.25) is 5.91 Å². The van der Waals surface area contributed by atoms with Crippen molar-refractivity contribution < 1.29 is 34.1 Å². The van der Waals surface area contributed by atoms with E-state index in [1.54, 1.807) is 5.32 Å². The predicted molar refractivity (Wildman–Crippen MR) is 48.8 cm³/mol. The molecule has 7 heteroatoms. The molecule has 0 saturated carbocycles. The summed E-state index contributed by atoms with van der Waals surface area (Å²) in [5.74, 6) is -1.48. The summed E-state index contributed by atoms with van der Waals surface area (Å²) in [5.41, 5.74) is 0. The first-order valence-corrected chi connectivity index (χ1v) is 4.06. The van der Waals surface area contributed by atoms with Gasteiger partial charge in [0.25, 0.3) is 0 Å². The second-order valence-electron chi connectivity index (χ2n) is 2.87. The normalized spacial score (nSPS) is 22.5. The van der Waals surface area contributed by atoms with E-state index in [4.69, 9.17) is 14.3 Å². The lowest BCUT2D eigenvalue weighted by Gasteiger charge is -2.25. The minimum atomic E-state index is -3.01. The Morgan fingerprint density at radius 3 is 2.47 bits per heavy atom. The van der Waals surface area contributed by atoms with Crippen LogP contribution in [-0.4, -0.2) is 63.6 Å². The van der Waals surface area contributed by atoms with Crippen molar-refractivity contribution >= 4 is 12.2 Å². The summed E-state index contributed by atoms with van der Waals surface area (Å²) in [6, 6.07) is -1.71. The number of hydrogen-bond donors (Lipinski definition) is 5. The zero-order chi connectivity index (χ0) is 14.5. The van der Waals surface area contributed by atoms with Gasteiger partial charge in [0, 0.05) is 11.0 Å². The molecule has 0 aliphatic rings. The molecule has 0 fully saturated rings. The zero-order valence-corrected chi connectivity index (χ0v) is 7.70. The maximum Gasteiger partial charge on any atom is 0.217 e. The molecule has 0 aliphatic heterocycles. The van der Waals surface area contributed by atoms with E-state index >= 15 is 0 Å². The lowest BCUT2D eigenvalue weighted by molar-refractivity contribution is -0.129. The number of aliphatic hydroxyl groups is 4. The van der Waals surface area contributed by atoms with Gasteiger partial charge in [-0.1, -0.05) is 0 Å². The first-order chi connectivity index (χ1) is 8.15. The lowest BCUT2D eigenvalue weighted by Crippen LogP contribution is -2.53. The van der Waals surface area contributed by atoms with Crippen LogP contribution in [0.3, 0.4) is 0 Å². The van der Waals surface area contributed by atoms with E-state index in [1.807, 2.05) is 0 Å². The summed E-state index contributed by atoms with van der Waals surface area (Å²) in [4.78, 5) is 21.7. The summed E-state index contributed by atoms with van der Waals surface area (Å²) < 4.78 is 20.2. The monoisotopic (exact) mass is 224 g/mol. The van der Waals surface area contributed by atoms with Crippen molar-refractivity contribution in [1.82, 2.24) is 5.32 Å². The van der Waals surface area contributed by atoms with Gasteiger partial charge in [-0.15, -0.1) is 0 Å². The minimum Gasteiger partial charge on any atom is -0.394 e. The molecule has 0 bridgehead atoms. The Balaban J connectivity index is 4.69. The summed E-state index contributed by atoms with van der Waals surface area (Å²) in [7, 11) is 0. The molecule has 0 aromatic carbocycles. The molecule has 0 radical (unpaired) electrons. The first kappa shape index (κ1) is 9.22. The van der Waals surface area contributed by atoms with Gasteiger partial charge in [-0.3, -0.25) is 4.79 Å². The Morgan fingerprint density at radius 2 is 2.07 bits per heavy atom. The molecule has 4 atom stereocenters. The molecular weight excluding hydrogens is 206 g/mol. The zero-order valence-electron chi connectivity index (χ0n) is 10.7. The number of carbonyl (C=O) groups excluding carboxylic acids is 2. The van der Waals surface area contributed by atoms with Gasteiger partial charge in [0.05, 0.1) is 6.61 Å². The van der Waals surface area contributed by atoms with E-state index in [1.165, 1.54) is 0 Å².